The monoisotopic (exact) mass is 297 g/mol. The molecule has 0 unspecified atom stereocenters. The molecule has 0 spiro atoms. The van der Waals surface area contributed by atoms with Gasteiger partial charge in [-0.1, -0.05) is 23.2 Å². The SMILES string of the molecule is CC(C)(C)NCc1ccn(-c2cc(Cl)cc(Cl)c2)n1. The van der Waals surface area contributed by atoms with E-state index in [-0.39, 0.29) is 5.54 Å². The van der Waals surface area contributed by atoms with Crippen molar-refractivity contribution in [3.8, 4) is 5.69 Å². The van der Waals surface area contributed by atoms with Gasteiger partial charge in [-0.05, 0) is 45.0 Å². The van der Waals surface area contributed by atoms with Crippen LogP contribution in [-0.2, 0) is 6.54 Å². The summed E-state index contributed by atoms with van der Waals surface area (Å²) >= 11 is 12.0. The van der Waals surface area contributed by atoms with Crippen LogP contribution in [-0.4, -0.2) is 15.3 Å². The molecule has 0 aliphatic carbocycles. The van der Waals surface area contributed by atoms with E-state index >= 15 is 0 Å². The maximum absolute atomic E-state index is 5.99. The molecule has 0 saturated heterocycles. The van der Waals surface area contributed by atoms with E-state index in [9.17, 15) is 0 Å². The Morgan fingerprint density at radius 3 is 2.37 bits per heavy atom. The molecule has 3 nitrogen and oxygen atoms in total. The minimum absolute atomic E-state index is 0.0726. The average molecular weight is 298 g/mol. The zero-order valence-electron chi connectivity index (χ0n) is 11.2. The highest BCUT2D eigenvalue weighted by Crippen LogP contribution is 2.21. The molecule has 0 atom stereocenters. The smallest absolute Gasteiger partial charge is 0.0767 e. The van der Waals surface area contributed by atoms with Crippen molar-refractivity contribution >= 4 is 23.2 Å². The van der Waals surface area contributed by atoms with Crippen LogP contribution in [0.2, 0.25) is 10.0 Å². The van der Waals surface area contributed by atoms with Gasteiger partial charge in [-0.2, -0.15) is 5.10 Å². The molecule has 102 valence electrons. The van der Waals surface area contributed by atoms with E-state index in [4.69, 9.17) is 23.2 Å². The Morgan fingerprint density at radius 1 is 1.16 bits per heavy atom. The molecule has 2 rings (SSSR count). The zero-order valence-corrected chi connectivity index (χ0v) is 12.8. The van der Waals surface area contributed by atoms with Gasteiger partial charge in [0.05, 0.1) is 11.4 Å². The van der Waals surface area contributed by atoms with Crippen LogP contribution in [0.15, 0.2) is 30.5 Å². The van der Waals surface area contributed by atoms with Gasteiger partial charge in [-0.15, -0.1) is 0 Å². The van der Waals surface area contributed by atoms with Crippen molar-refractivity contribution in [2.75, 3.05) is 0 Å². The first-order valence-corrected chi connectivity index (χ1v) is 6.85. The minimum atomic E-state index is 0.0726. The van der Waals surface area contributed by atoms with Gasteiger partial charge in [0, 0.05) is 28.3 Å². The van der Waals surface area contributed by atoms with Crippen LogP contribution < -0.4 is 5.32 Å². The zero-order chi connectivity index (χ0) is 14.0. The van der Waals surface area contributed by atoms with Gasteiger partial charge in [-0.25, -0.2) is 4.68 Å². The molecule has 1 aromatic heterocycles. The van der Waals surface area contributed by atoms with Crippen molar-refractivity contribution in [2.24, 2.45) is 0 Å². The summed E-state index contributed by atoms with van der Waals surface area (Å²) in [5.74, 6) is 0. The molecule has 0 aliphatic heterocycles. The molecule has 1 N–H and O–H groups in total. The summed E-state index contributed by atoms with van der Waals surface area (Å²) in [4.78, 5) is 0. The lowest BCUT2D eigenvalue weighted by molar-refractivity contribution is 0.420. The van der Waals surface area contributed by atoms with E-state index in [0.717, 1.165) is 17.9 Å². The third kappa shape index (κ3) is 4.23. The average Bonchev–Trinajstić information content (AvgIpc) is 2.72. The lowest BCUT2D eigenvalue weighted by atomic mass is 10.1. The Hall–Kier alpha value is -1.03. The summed E-state index contributed by atoms with van der Waals surface area (Å²) in [7, 11) is 0. The second-order valence-corrected chi connectivity index (χ2v) is 6.36. The maximum atomic E-state index is 5.99. The molecule has 1 aromatic carbocycles. The van der Waals surface area contributed by atoms with Crippen molar-refractivity contribution in [3.05, 3.63) is 46.2 Å². The molecule has 0 aliphatic rings. The van der Waals surface area contributed by atoms with Crippen LogP contribution in [0, 0.1) is 0 Å². The molecular formula is C14H17Cl2N3. The molecule has 19 heavy (non-hydrogen) atoms. The molecule has 1 heterocycles. The Labute approximate surface area is 123 Å². The lowest BCUT2D eigenvalue weighted by Crippen LogP contribution is -2.35. The molecule has 0 saturated carbocycles. The lowest BCUT2D eigenvalue weighted by Gasteiger charge is -2.19. The minimum Gasteiger partial charge on any atom is -0.306 e. The standard InChI is InChI=1S/C14H17Cl2N3/c1-14(2,3)17-9-12-4-5-19(18-12)13-7-10(15)6-11(16)8-13/h4-8,17H,9H2,1-3H3. The first-order chi connectivity index (χ1) is 8.83. The number of nitrogens with one attached hydrogen (secondary N) is 1. The molecule has 2 aromatic rings. The molecular weight excluding hydrogens is 281 g/mol. The highest BCUT2D eigenvalue weighted by molar-refractivity contribution is 6.34. The quantitative estimate of drug-likeness (QED) is 0.925. The third-order valence-corrected chi connectivity index (χ3v) is 2.99. The Kier molecular flexibility index (Phi) is 4.19. The van der Waals surface area contributed by atoms with Gasteiger partial charge in [0.25, 0.3) is 0 Å². The van der Waals surface area contributed by atoms with E-state index in [0.29, 0.717) is 10.0 Å². The fraction of sp³-hybridized carbons (Fsp3) is 0.357. The summed E-state index contributed by atoms with van der Waals surface area (Å²) in [6, 6.07) is 7.36. The third-order valence-electron chi connectivity index (χ3n) is 2.56. The molecule has 0 radical (unpaired) electrons. The first-order valence-electron chi connectivity index (χ1n) is 6.09. The number of hydrogen-bond donors (Lipinski definition) is 1. The van der Waals surface area contributed by atoms with Crippen LogP contribution in [0.5, 0.6) is 0 Å². The van der Waals surface area contributed by atoms with Crippen molar-refractivity contribution in [1.29, 1.82) is 0 Å². The van der Waals surface area contributed by atoms with E-state index in [1.165, 1.54) is 0 Å². The van der Waals surface area contributed by atoms with Crippen molar-refractivity contribution < 1.29 is 0 Å². The van der Waals surface area contributed by atoms with Gasteiger partial charge in [0.2, 0.25) is 0 Å². The highest BCUT2D eigenvalue weighted by Gasteiger charge is 2.10. The molecule has 5 heteroatoms. The fourth-order valence-electron chi connectivity index (χ4n) is 1.63. The number of rotatable bonds is 3. The Bertz CT molecular complexity index is 550. The molecule has 0 amide bonds. The van der Waals surface area contributed by atoms with Gasteiger partial charge in [0.15, 0.2) is 0 Å². The van der Waals surface area contributed by atoms with Crippen LogP contribution in [0.3, 0.4) is 0 Å². The Balaban J connectivity index is 2.16. The summed E-state index contributed by atoms with van der Waals surface area (Å²) < 4.78 is 1.78. The van der Waals surface area contributed by atoms with Crippen LogP contribution in [0.25, 0.3) is 5.69 Å². The summed E-state index contributed by atoms with van der Waals surface area (Å²) in [5, 5.41) is 9.11. The van der Waals surface area contributed by atoms with E-state index in [1.54, 1.807) is 10.7 Å². The largest absolute Gasteiger partial charge is 0.306 e. The van der Waals surface area contributed by atoms with Gasteiger partial charge in [0.1, 0.15) is 0 Å². The number of aromatic nitrogens is 2. The van der Waals surface area contributed by atoms with Gasteiger partial charge < -0.3 is 5.32 Å². The fourth-order valence-corrected chi connectivity index (χ4v) is 2.14. The second kappa shape index (κ2) is 5.53. The predicted octanol–water partition coefficient (Wildman–Crippen LogP) is 4.07. The van der Waals surface area contributed by atoms with Crippen molar-refractivity contribution in [1.82, 2.24) is 15.1 Å². The first kappa shape index (κ1) is 14.4. The molecule has 0 bridgehead atoms. The van der Waals surface area contributed by atoms with E-state index in [1.807, 2.05) is 24.4 Å². The highest BCUT2D eigenvalue weighted by atomic mass is 35.5. The number of nitrogens with zero attached hydrogens (tertiary/aromatic N) is 2. The topological polar surface area (TPSA) is 29.9 Å². The summed E-state index contributed by atoms with van der Waals surface area (Å²) in [6.45, 7) is 7.10. The maximum Gasteiger partial charge on any atom is 0.0767 e. The Morgan fingerprint density at radius 2 is 1.79 bits per heavy atom. The van der Waals surface area contributed by atoms with E-state index in [2.05, 4.69) is 31.2 Å². The summed E-state index contributed by atoms with van der Waals surface area (Å²) in [5.41, 5.74) is 1.91. The van der Waals surface area contributed by atoms with E-state index < -0.39 is 0 Å². The van der Waals surface area contributed by atoms with Crippen LogP contribution in [0.1, 0.15) is 26.5 Å². The predicted molar refractivity (Wildman–Crippen MR) is 80.2 cm³/mol. The number of benzene rings is 1. The van der Waals surface area contributed by atoms with Crippen molar-refractivity contribution in [3.63, 3.8) is 0 Å². The molecule has 0 fully saturated rings. The summed E-state index contributed by atoms with van der Waals surface area (Å²) in [6.07, 6.45) is 1.90. The normalized spacial score (nSPS) is 11.8. The second-order valence-electron chi connectivity index (χ2n) is 5.48. The van der Waals surface area contributed by atoms with Crippen molar-refractivity contribution in [2.45, 2.75) is 32.9 Å². The van der Waals surface area contributed by atoms with Crippen LogP contribution in [0.4, 0.5) is 0 Å². The van der Waals surface area contributed by atoms with Crippen LogP contribution >= 0.6 is 23.2 Å². The van der Waals surface area contributed by atoms with Gasteiger partial charge in [-0.3, -0.25) is 0 Å². The number of hydrogen-bond acceptors (Lipinski definition) is 2. The van der Waals surface area contributed by atoms with Gasteiger partial charge >= 0.3 is 0 Å². The number of halogens is 2.